The number of carbonyl (C=O) groups excluding carboxylic acids is 1. The fraction of sp³-hybridized carbons (Fsp3) is 0.286. The van der Waals surface area contributed by atoms with E-state index in [2.05, 4.69) is 10.3 Å². The second-order valence-corrected chi connectivity index (χ2v) is 5.14. The molecule has 0 radical (unpaired) electrons. The fourth-order valence-electron chi connectivity index (χ4n) is 1.79. The zero-order chi connectivity index (χ0) is 13.7. The van der Waals surface area contributed by atoms with Crippen molar-refractivity contribution in [2.75, 3.05) is 0 Å². The highest BCUT2D eigenvalue weighted by Crippen LogP contribution is 2.19. The summed E-state index contributed by atoms with van der Waals surface area (Å²) in [6.07, 6.45) is 0. The summed E-state index contributed by atoms with van der Waals surface area (Å²) < 4.78 is 0. The van der Waals surface area contributed by atoms with Crippen LogP contribution in [0.25, 0.3) is 0 Å². The molecule has 0 aliphatic heterocycles. The third-order valence-electron chi connectivity index (χ3n) is 3.06. The molecule has 0 saturated heterocycles. The van der Waals surface area contributed by atoms with Gasteiger partial charge in [-0.2, -0.15) is 0 Å². The Morgan fingerprint density at radius 2 is 2.16 bits per heavy atom. The molecule has 1 aromatic heterocycles. The molecule has 3 N–H and O–H groups in total. The zero-order valence-electron chi connectivity index (χ0n) is 10.7. The highest BCUT2D eigenvalue weighted by molar-refractivity contribution is 7.07. The highest BCUT2D eigenvalue weighted by atomic mass is 32.1. The van der Waals surface area contributed by atoms with Gasteiger partial charge in [-0.15, -0.1) is 11.3 Å². The lowest BCUT2D eigenvalue weighted by Crippen LogP contribution is -2.35. The second-order valence-electron chi connectivity index (χ2n) is 4.42. The van der Waals surface area contributed by atoms with Gasteiger partial charge in [-0.05, 0) is 5.56 Å². The Morgan fingerprint density at radius 3 is 2.79 bits per heavy atom. The van der Waals surface area contributed by atoms with Crippen LogP contribution in [-0.2, 0) is 11.3 Å². The maximum atomic E-state index is 12.0. The summed E-state index contributed by atoms with van der Waals surface area (Å²) in [7, 11) is 0. The Kier molecular flexibility index (Phi) is 4.65. The lowest BCUT2D eigenvalue weighted by Gasteiger charge is -2.19. The van der Waals surface area contributed by atoms with E-state index in [1.165, 1.54) is 11.3 Å². The first-order valence-electron chi connectivity index (χ1n) is 6.14. The van der Waals surface area contributed by atoms with Gasteiger partial charge in [0.05, 0.1) is 23.7 Å². The molecule has 0 fully saturated rings. The van der Waals surface area contributed by atoms with E-state index in [-0.39, 0.29) is 17.9 Å². The summed E-state index contributed by atoms with van der Waals surface area (Å²) in [5.41, 5.74) is 9.71. The topological polar surface area (TPSA) is 68.0 Å². The Balaban J connectivity index is 1.91. The van der Waals surface area contributed by atoms with Gasteiger partial charge in [-0.3, -0.25) is 4.79 Å². The van der Waals surface area contributed by atoms with Gasteiger partial charge in [-0.25, -0.2) is 4.98 Å². The SMILES string of the molecule is CC(C(=O)NCc1cscn1)C(N)c1ccccc1. The number of hydrogen-bond donors (Lipinski definition) is 2. The molecule has 0 aliphatic rings. The largest absolute Gasteiger partial charge is 0.350 e. The van der Waals surface area contributed by atoms with Crippen molar-refractivity contribution in [3.8, 4) is 0 Å². The summed E-state index contributed by atoms with van der Waals surface area (Å²) in [6, 6.07) is 9.37. The van der Waals surface area contributed by atoms with Crippen molar-refractivity contribution in [2.45, 2.75) is 19.5 Å². The van der Waals surface area contributed by atoms with Gasteiger partial charge in [0, 0.05) is 11.4 Å². The van der Waals surface area contributed by atoms with Crippen LogP contribution in [0, 0.1) is 5.92 Å². The summed E-state index contributed by atoms with van der Waals surface area (Å²) in [5, 5.41) is 4.78. The third kappa shape index (κ3) is 3.62. The smallest absolute Gasteiger partial charge is 0.225 e. The fourth-order valence-corrected chi connectivity index (χ4v) is 2.35. The summed E-state index contributed by atoms with van der Waals surface area (Å²) in [6.45, 7) is 2.29. The maximum Gasteiger partial charge on any atom is 0.225 e. The van der Waals surface area contributed by atoms with Crippen molar-refractivity contribution in [2.24, 2.45) is 11.7 Å². The van der Waals surface area contributed by atoms with Gasteiger partial charge in [0.2, 0.25) is 5.91 Å². The number of hydrogen-bond acceptors (Lipinski definition) is 4. The molecule has 2 aromatic rings. The van der Waals surface area contributed by atoms with E-state index in [1.807, 2.05) is 42.6 Å². The molecule has 0 saturated carbocycles. The number of thiazole rings is 1. The monoisotopic (exact) mass is 275 g/mol. The van der Waals surface area contributed by atoms with E-state index in [0.717, 1.165) is 11.3 Å². The van der Waals surface area contributed by atoms with E-state index in [9.17, 15) is 4.79 Å². The molecule has 0 aliphatic carbocycles. The number of benzene rings is 1. The summed E-state index contributed by atoms with van der Waals surface area (Å²) >= 11 is 1.52. The molecule has 1 amide bonds. The normalized spacial score (nSPS) is 13.8. The minimum atomic E-state index is -0.295. The Bertz CT molecular complexity index is 513. The van der Waals surface area contributed by atoms with Crippen LogP contribution in [0.4, 0.5) is 0 Å². The average molecular weight is 275 g/mol. The van der Waals surface area contributed by atoms with Gasteiger partial charge in [-0.1, -0.05) is 37.3 Å². The average Bonchev–Trinajstić information content (AvgIpc) is 2.97. The Labute approximate surface area is 116 Å². The minimum absolute atomic E-state index is 0.0515. The molecule has 1 heterocycles. The van der Waals surface area contributed by atoms with Gasteiger partial charge >= 0.3 is 0 Å². The van der Waals surface area contributed by atoms with Crippen LogP contribution in [0.1, 0.15) is 24.2 Å². The number of rotatable bonds is 5. The van der Waals surface area contributed by atoms with Gasteiger partial charge in [0.1, 0.15) is 0 Å². The van der Waals surface area contributed by atoms with E-state index >= 15 is 0 Å². The van der Waals surface area contributed by atoms with Gasteiger partial charge in [0.25, 0.3) is 0 Å². The highest BCUT2D eigenvalue weighted by Gasteiger charge is 2.21. The third-order valence-corrected chi connectivity index (χ3v) is 3.70. The van der Waals surface area contributed by atoms with Crippen LogP contribution < -0.4 is 11.1 Å². The first kappa shape index (κ1) is 13.7. The van der Waals surface area contributed by atoms with Crippen LogP contribution in [0.5, 0.6) is 0 Å². The molecule has 2 atom stereocenters. The van der Waals surface area contributed by atoms with Crippen molar-refractivity contribution in [3.05, 3.63) is 52.5 Å². The molecule has 4 nitrogen and oxygen atoms in total. The van der Waals surface area contributed by atoms with Crippen molar-refractivity contribution in [3.63, 3.8) is 0 Å². The molecular weight excluding hydrogens is 258 g/mol. The van der Waals surface area contributed by atoms with Crippen molar-refractivity contribution >= 4 is 17.2 Å². The van der Waals surface area contributed by atoms with Crippen LogP contribution in [0.2, 0.25) is 0 Å². The molecule has 1 aromatic carbocycles. The van der Waals surface area contributed by atoms with E-state index in [0.29, 0.717) is 6.54 Å². The number of amides is 1. The molecular formula is C14H17N3OS. The zero-order valence-corrected chi connectivity index (χ0v) is 11.6. The van der Waals surface area contributed by atoms with Crippen LogP contribution in [-0.4, -0.2) is 10.9 Å². The first-order chi connectivity index (χ1) is 9.18. The van der Waals surface area contributed by atoms with Gasteiger partial charge in [0.15, 0.2) is 0 Å². The molecule has 2 rings (SSSR count). The number of carbonyl (C=O) groups is 1. The molecule has 100 valence electrons. The minimum Gasteiger partial charge on any atom is -0.350 e. The lowest BCUT2D eigenvalue weighted by molar-refractivity contribution is -0.125. The van der Waals surface area contributed by atoms with E-state index in [4.69, 9.17) is 5.73 Å². The number of nitrogens with zero attached hydrogens (tertiary/aromatic N) is 1. The van der Waals surface area contributed by atoms with Crippen LogP contribution in [0.3, 0.4) is 0 Å². The summed E-state index contributed by atoms with van der Waals surface area (Å²) in [4.78, 5) is 16.2. The Morgan fingerprint density at radius 1 is 1.42 bits per heavy atom. The molecule has 0 spiro atoms. The standard InChI is InChI=1S/C14H17N3OS/c1-10(13(15)11-5-3-2-4-6-11)14(18)16-7-12-8-19-9-17-12/h2-6,8-10,13H,7,15H2,1H3,(H,16,18). The Hall–Kier alpha value is -1.72. The van der Waals surface area contributed by atoms with Crippen LogP contribution >= 0.6 is 11.3 Å². The molecule has 5 heteroatoms. The maximum absolute atomic E-state index is 12.0. The molecule has 0 bridgehead atoms. The van der Waals surface area contributed by atoms with Crippen molar-refractivity contribution < 1.29 is 4.79 Å². The molecule has 2 unspecified atom stereocenters. The van der Waals surface area contributed by atoms with Crippen LogP contribution in [0.15, 0.2) is 41.2 Å². The number of nitrogens with two attached hydrogens (primary N) is 1. The van der Waals surface area contributed by atoms with Crippen molar-refractivity contribution in [1.82, 2.24) is 10.3 Å². The predicted octanol–water partition coefficient (Wildman–Crippen LogP) is 2.10. The summed E-state index contributed by atoms with van der Waals surface area (Å²) in [5.74, 6) is -0.328. The molecule has 19 heavy (non-hydrogen) atoms. The lowest BCUT2D eigenvalue weighted by atomic mass is 9.95. The van der Waals surface area contributed by atoms with Crippen molar-refractivity contribution in [1.29, 1.82) is 0 Å². The quantitative estimate of drug-likeness (QED) is 0.878. The van der Waals surface area contributed by atoms with E-state index in [1.54, 1.807) is 5.51 Å². The second kappa shape index (κ2) is 6.45. The van der Waals surface area contributed by atoms with E-state index < -0.39 is 0 Å². The predicted molar refractivity (Wildman–Crippen MR) is 76.5 cm³/mol. The first-order valence-corrected chi connectivity index (χ1v) is 7.08. The van der Waals surface area contributed by atoms with Gasteiger partial charge < -0.3 is 11.1 Å². The number of nitrogens with one attached hydrogen (secondary N) is 1. The number of aromatic nitrogens is 1.